The molecule has 2 rings (SSSR count). The average Bonchev–Trinajstić information content (AvgIpc) is 2.02. The van der Waals surface area contributed by atoms with E-state index in [9.17, 15) is 5.11 Å². The summed E-state index contributed by atoms with van der Waals surface area (Å²) in [5.74, 6) is 0.812. The van der Waals surface area contributed by atoms with E-state index in [-0.39, 0.29) is 16.9 Å². The highest BCUT2D eigenvalue weighted by Crippen LogP contribution is 2.63. The van der Waals surface area contributed by atoms with Crippen molar-refractivity contribution in [1.29, 1.82) is 0 Å². The van der Waals surface area contributed by atoms with Crippen LogP contribution in [0.3, 0.4) is 0 Å². The minimum absolute atomic E-state index is 0.0613. The molecule has 1 N–H and O–H groups in total. The normalized spacial score (nSPS) is 53.5. The second kappa shape index (κ2) is 1.82. The summed E-state index contributed by atoms with van der Waals surface area (Å²) in [5.41, 5.74) is 0.458. The quantitative estimate of drug-likeness (QED) is 0.567. The molecule has 64 valence electrons. The van der Waals surface area contributed by atoms with Crippen LogP contribution in [0.2, 0.25) is 0 Å². The van der Waals surface area contributed by atoms with Crippen molar-refractivity contribution in [1.82, 2.24) is 0 Å². The van der Waals surface area contributed by atoms with Crippen LogP contribution in [0.4, 0.5) is 0 Å². The molecule has 0 amide bonds. The van der Waals surface area contributed by atoms with E-state index in [0.29, 0.717) is 0 Å². The van der Waals surface area contributed by atoms with Gasteiger partial charge in [0, 0.05) is 0 Å². The van der Waals surface area contributed by atoms with Gasteiger partial charge in [0.15, 0.2) is 0 Å². The lowest BCUT2D eigenvalue weighted by molar-refractivity contribution is -0.0526. The Labute approximate surface area is 68.8 Å². The van der Waals surface area contributed by atoms with Crippen LogP contribution in [-0.4, -0.2) is 11.2 Å². The maximum absolute atomic E-state index is 10.0. The maximum Gasteiger partial charge on any atom is 0.0647 e. The summed E-state index contributed by atoms with van der Waals surface area (Å²) >= 11 is 0. The summed E-state index contributed by atoms with van der Waals surface area (Å²) < 4.78 is 0. The zero-order valence-electron chi connectivity index (χ0n) is 7.72. The molecule has 0 spiro atoms. The summed E-state index contributed by atoms with van der Waals surface area (Å²) in [6.07, 6.45) is 3.75. The summed E-state index contributed by atoms with van der Waals surface area (Å²) in [6.45, 7) is 6.64. The Morgan fingerprint density at radius 2 is 1.91 bits per heavy atom. The molecule has 2 aliphatic rings. The minimum Gasteiger partial charge on any atom is -0.392 e. The molecule has 2 saturated carbocycles. The summed E-state index contributed by atoms with van der Waals surface area (Å²) in [6, 6.07) is 0. The smallest absolute Gasteiger partial charge is 0.0647 e. The van der Waals surface area contributed by atoms with Crippen molar-refractivity contribution < 1.29 is 5.11 Å². The molecule has 2 aliphatic carbocycles. The predicted molar refractivity (Wildman–Crippen MR) is 45.2 cm³/mol. The van der Waals surface area contributed by atoms with Crippen molar-refractivity contribution in [2.75, 3.05) is 0 Å². The van der Waals surface area contributed by atoms with Gasteiger partial charge in [-0.1, -0.05) is 20.8 Å². The second-order valence-electron chi connectivity index (χ2n) is 5.34. The van der Waals surface area contributed by atoms with Crippen LogP contribution in [0.1, 0.15) is 40.0 Å². The van der Waals surface area contributed by atoms with Crippen molar-refractivity contribution in [3.63, 3.8) is 0 Å². The van der Waals surface area contributed by atoms with E-state index >= 15 is 0 Å². The minimum atomic E-state index is -0.0613. The zero-order chi connectivity index (χ0) is 8.28. The molecule has 11 heavy (non-hydrogen) atoms. The van der Waals surface area contributed by atoms with Gasteiger partial charge in [-0.25, -0.2) is 0 Å². The molecule has 0 bridgehead atoms. The van der Waals surface area contributed by atoms with Gasteiger partial charge in [0.05, 0.1) is 6.10 Å². The molecule has 0 heterocycles. The number of hydrogen-bond acceptors (Lipinski definition) is 1. The Bertz CT molecular complexity index is 185. The molecule has 0 aromatic rings. The van der Waals surface area contributed by atoms with Gasteiger partial charge in [-0.2, -0.15) is 0 Å². The van der Waals surface area contributed by atoms with Crippen molar-refractivity contribution in [2.45, 2.75) is 46.1 Å². The van der Waals surface area contributed by atoms with Gasteiger partial charge in [-0.05, 0) is 36.0 Å². The van der Waals surface area contributed by atoms with Crippen molar-refractivity contribution in [2.24, 2.45) is 16.7 Å². The SMILES string of the molecule is CC1(C)C[C@H]2CC[C@@]2(C)[C@@H]1O. The van der Waals surface area contributed by atoms with E-state index in [4.69, 9.17) is 0 Å². The van der Waals surface area contributed by atoms with E-state index in [2.05, 4.69) is 20.8 Å². The van der Waals surface area contributed by atoms with Gasteiger partial charge < -0.3 is 5.11 Å². The number of aliphatic hydroxyl groups is 1. The van der Waals surface area contributed by atoms with Gasteiger partial charge in [0.2, 0.25) is 0 Å². The number of rotatable bonds is 0. The van der Waals surface area contributed by atoms with Gasteiger partial charge in [-0.15, -0.1) is 0 Å². The van der Waals surface area contributed by atoms with Crippen LogP contribution in [-0.2, 0) is 0 Å². The van der Waals surface area contributed by atoms with E-state index in [1.54, 1.807) is 0 Å². The fourth-order valence-corrected chi connectivity index (χ4v) is 3.14. The van der Waals surface area contributed by atoms with Crippen molar-refractivity contribution in [3.05, 3.63) is 0 Å². The highest BCUT2D eigenvalue weighted by Gasteiger charge is 2.59. The Morgan fingerprint density at radius 3 is 2.09 bits per heavy atom. The lowest BCUT2D eigenvalue weighted by Gasteiger charge is -2.44. The van der Waals surface area contributed by atoms with Crippen LogP contribution < -0.4 is 0 Å². The molecule has 3 atom stereocenters. The lowest BCUT2D eigenvalue weighted by Crippen LogP contribution is -2.43. The highest BCUT2D eigenvalue weighted by atomic mass is 16.3. The predicted octanol–water partition coefficient (Wildman–Crippen LogP) is 2.19. The standard InChI is InChI=1S/C10H18O/c1-9(2)6-7-4-5-10(7,3)8(9)11/h7-8,11H,4-6H2,1-3H3/t7-,8-,10-/m1/s1. The molecule has 2 fully saturated rings. The van der Waals surface area contributed by atoms with Gasteiger partial charge in [0.25, 0.3) is 0 Å². The molecule has 0 aromatic heterocycles. The molecule has 0 aliphatic heterocycles. The van der Waals surface area contributed by atoms with Gasteiger partial charge in [-0.3, -0.25) is 0 Å². The first-order valence-electron chi connectivity index (χ1n) is 4.65. The first-order valence-corrected chi connectivity index (χ1v) is 4.65. The largest absolute Gasteiger partial charge is 0.392 e. The summed E-state index contributed by atoms with van der Waals surface area (Å²) in [7, 11) is 0. The molecule has 0 aromatic carbocycles. The van der Waals surface area contributed by atoms with Gasteiger partial charge in [0.1, 0.15) is 0 Å². The molecule has 1 heteroatoms. The van der Waals surface area contributed by atoms with Crippen LogP contribution in [0.5, 0.6) is 0 Å². The number of aliphatic hydroxyl groups excluding tert-OH is 1. The van der Waals surface area contributed by atoms with Crippen LogP contribution in [0.25, 0.3) is 0 Å². The molecular weight excluding hydrogens is 136 g/mol. The Hall–Kier alpha value is -0.0400. The maximum atomic E-state index is 10.0. The summed E-state index contributed by atoms with van der Waals surface area (Å²) in [5, 5.41) is 10.0. The first kappa shape index (κ1) is 7.60. The van der Waals surface area contributed by atoms with Crippen LogP contribution in [0, 0.1) is 16.7 Å². The summed E-state index contributed by atoms with van der Waals surface area (Å²) in [4.78, 5) is 0. The Balaban J connectivity index is 2.27. The Kier molecular flexibility index (Phi) is 1.26. The molecular formula is C10H18O. The van der Waals surface area contributed by atoms with E-state index in [1.165, 1.54) is 19.3 Å². The molecule has 1 nitrogen and oxygen atoms in total. The average molecular weight is 154 g/mol. The zero-order valence-corrected chi connectivity index (χ0v) is 7.72. The van der Waals surface area contributed by atoms with Crippen molar-refractivity contribution >= 4 is 0 Å². The third-order valence-electron chi connectivity index (χ3n) is 4.10. The van der Waals surface area contributed by atoms with Crippen molar-refractivity contribution in [3.8, 4) is 0 Å². The fraction of sp³-hybridized carbons (Fsp3) is 1.00. The van der Waals surface area contributed by atoms with Crippen LogP contribution >= 0.6 is 0 Å². The van der Waals surface area contributed by atoms with Gasteiger partial charge >= 0.3 is 0 Å². The van der Waals surface area contributed by atoms with E-state index in [0.717, 1.165) is 5.92 Å². The lowest BCUT2D eigenvalue weighted by atomic mass is 9.62. The third kappa shape index (κ3) is 0.752. The van der Waals surface area contributed by atoms with E-state index < -0.39 is 0 Å². The number of fused-ring (bicyclic) bond motifs is 1. The van der Waals surface area contributed by atoms with E-state index in [1.807, 2.05) is 0 Å². The van der Waals surface area contributed by atoms with Crippen LogP contribution in [0.15, 0.2) is 0 Å². The first-order chi connectivity index (χ1) is 4.97. The molecule has 0 saturated heterocycles. The second-order valence-corrected chi connectivity index (χ2v) is 5.34. The number of hydrogen-bond donors (Lipinski definition) is 1. The molecule has 0 radical (unpaired) electrons. The highest BCUT2D eigenvalue weighted by molar-refractivity contribution is 5.09. The molecule has 0 unspecified atom stereocenters. The fourth-order valence-electron chi connectivity index (χ4n) is 3.14. The Morgan fingerprint density at radius 1 is 1.27 bits per heavy atom. The third-order valence-corrected chi connectivity index (χ3v) is 4.10. The topological polar surface area (TPSA) is 20.2 Å². The monoisotopic (exact) mass is 154 g/mol.